The summed E-state index contributed by atoms with van der Waals surface area (Å²) in [5.41, 5.74) is 2.51. The first kappa shape index (κ1) is 13.5. The molecule has 0 amide bonds. The van der Waals surface area contributed by atoms with Crippen molar-refractivity contribution >= 4 is 11.6 Å². The molecule has 0 aromatic carbocycles. The average Bonchev–Trinajstić information content (AvgIpc) is 2.37. The molecule has 1 aromatic heterocycles. The Hall–Kier alpha value is -1.56. The topological polar surface area (TPSA) is 76.3 Å². The van der Waals surface area contributed by atoms with Gasteiger partial charge >= 0.3 is 0 Å². The normalized spacial score (nSPS) is 12.1. The lowest BCUT2D eigenvalue weighted by Gasteiger charge is -2.23. The molecule has 3 N–H and O–H groups in total. The molecule has 6 heteroatoms. The zero-order chi connectivity index (χ0) is 12.8. The van der Waals surface area contributed by atoms with Crippen LogP contribution in [0.1, 0.15) is 20.3 Å². The Bertz CT molecular complexity index is 358. The summed E-state index contributed by atoms with van der Waals surface area (Å²) in [5.74, 6) is 7.79. The van der Waals surface area contributed by atoms with E-state index in [1.54, 1.807) is 7.11 Å². The molecule has 0 aliphatic rings. The van der Waals surface area contributed by atoms with Gasteiger partial charge in [-0.2, -0.15) is 0 Å². The number of ether oxygens (including phenoxy) is 1. The first-order valence-corrected chi connectivity index (χ1v) is 5.70. The highest BCUT2D eigenvalue weighted by Gasteiger charge is 2.16. The van der Waals surface area contributed by atoms with E-state index in [0.717, 1.165) is 18.8 Å². The molecule has 96 valence electrons. The van der Waals surface area contributed by atoms with Gasteiger partial charge in [-0.15, -0.1) is 0 Å². The first-order valence-electron chi connectivity index (χ1n) is 5.70. The fourth-order valence-corrected chi connectivity index (χ4v) is 1.61. The van der Waals surface area contributed by atoms with E-state index >= 15 is 0 Å². The van der Waals surface area contributed by atoms with Crippen LogP contribution < -0.4 is 20.9 Å². The predicted octanol–water partition coefficient (Wildman–Crippen LogP) is 1.25. The van der Waals surface area contributed by atoms with Crippen molar-refractivity contribution in [2.75, 3.05) is 31.0 Å². The number of nitrogens with two attached hydrogens (primary N) is 1. The molecule has 1 aromatic rings. The molecule has 0 radical (unpaired) electrons. The van der Waals surface area contributed by atoms with Gasteiger partial charge in [-0.1, -0.05) is 20.3 Å². The van der Waals surface area contributed by atoms with Crippen molar-refractivity contribution in [2.24, 2.45) is 11.8 Å². The van der Waals surface area contributed by atoms with E-state index in [2.05, 4.69) is 34.1 Å². The molecule has 0 spiro atoms. The Labute approximate surface area is 102 Å². The van der Waals surface area contributed by atoms with Crippen LogP contribution in [-0.4, -0.2) is 30.7 Å². The third-order valence-electron chi connectivity index (χ3n) is 2.77. The highest BCUT2D eigenvalue weighted by atomic mass is 16.5. The quantitative estimate of drug-likeness (QED) is 0.575. The highest BCUT2D eigenvalue weighted by Crippen LogP contribution is 2.30. The minimum absolute atomic E-state index is 0.494. The number of aromatic nitrogens is 2. The van der Waals surface area contributed by atoms with Gasteiger partial charge < -0.3 is 15.1 Å². The molecule has 6 nitrogen and oxygen atoms in total. The van der Waals surface area contributed by atoms with Crippen LogP contribution in [0.3, 0.4) is 0 Å². The predicted molar refractivity (Wildman–Crippen MR) is 69.1 cm³/mol. The number of hydrogen-bond acceptors (Lipinski definition) is 6. The molecule has 0 fully saturated rings. The second-order valence-electron chi connectivity index (χ2n) is 4.12. The molecule has 17 heavy (non-hydrogen) atoms. The third kappa shape index (κ3) is 3.20. The Morgan fingerprint density at radius 2 is 2.24 bits per heavy atom. The minimum Gasteiger partial charge on any atom is -0.490 e. The van der Waals surface area contributed by atoms with E-state index in [1.807, 2.05) is 7.05 Å². The Kier molecular flexibility index (Phi) is 4.96. The Morgan fingerprint density at radius 3 is 2.76 bits per heavy atom. The summed E-state index contributed by atoms with van der Waals surface area (Å²) in [6, 6.07) is 0. The minimum atomic E-state index is 0.494. The van der Waals surface area contributed by atoms with Crippen LogP contribution >= 0.6 is 0 Å². The number of hydrogen-bond donors (Lipinski definition) is 2. The monoisotopic (exact) mass is 239 g/mol. The van der Waals surface area contributed by atoms with E-state index in [1.165, 1.54) is 6.33 Å². The first-order chi connectivity index (χ1) is 8.13. The molecule has 1 rings (SSSR count). The van der Waals surface area contributed by atoms with Gasteiger partial charge in [-0.3, -0.25) is 0 Å². The van der Waals surface area contributed by atoms with Gasteiger partial charge in [0.25, 0.3) is 0 Å². The summed E-state index contributed by atoms with van der Waals surface area (Å²) in [6.45, 7) is 5.28. The smallest absolute Gasteiger partial charge is 0.205 e. The average molecular weight is 239 g/mol. The highest BCUT2D eigenvalue weighted by molar-refractivity contribution is 5.63. The zero-order valence-electron chi connectivity index (χ0n) is 10.9. The summed E-state index contributed by atoms with van der Waals surface area (Å²) in [5, 5.41) is 0. The van der Waals surface area contributed by atoms with Crippen LogP contribution in [-0.2, 0) is 0 Å². The van der Waals surface area contributed by atoms with Crippen LogP contribution in [0.15, 0.2) is 6.33 Å². The van der Waals surface area contributed by atoms with Crippen LogP contribution in [0.2, 0.25) is 0 Å². The molecule has 0 saturated carbocycles. The molecule has 0 saturated heterocycles. The summed E-state index contributed by atoms with van der Waals surface area (Å²) in [7, 11) is 3.57. The van der Waals surface area contributed by atoms with Gasteiger partial charge in [0.1, 0.15) is 6.33 Å². The number of anilines is 2. The maximum absolute atomic E-state index is 5.38. The lowest BCUT2D eigenvalue weighted by atomic mass is 10.1. The molecular formula is C11H21N5O. The van der Waals surface area contributed by atoms with Gasteiger partial charge in [-0.25, -0.2) is 15.8 Å². The van der Waals surface area contributed by atoms with E-state index in [9.17, 15) is 0 Å². The summed E-state index contributed by atoms with van der Waals surface area (Å²) < 4.78 is 5.29. The number of rotatable bonds is 6. The molecule has 1 unspecified atom stereocenters. The summed E-state index contributed by atoms with van der Waals surface area (Å²) in [6.07, 6.45) is 2.60. The maximum Gasteiger partial charge on any atom is 0.205 e. The van der Waals surface area contributed by atoms with Gasteiger partial charge in [0.2, 0.25) is 5.75 Å². The number of nitrogens with zero attached hydrogens (tertiary/aromatic N) is 3. The van der Waals surface area contributed by atoms with E-state index in [0.29, 0.717) is 17.5 Å². The lowest BCUT2D eigenvalue weighted by Crippen LogP contribution is -2.25. The van der Waals surface area contributed by atoms with Crippen molar-refractivity contribution in [3.8, 4) is 5.75 Å². The number of nitrogen functional groups attached to an aromatic ring is 1. The molecule has 0 aliphatic carbocycles. The van der Waals surface area contributed by atoms with Crippen molar-refractivity contribution in [2.45, 2.75) is 20.3 Å². The zero-order valence-corrected chi connectivity index (χ0v) is 10.9. The van der Waals surface area contributed by atoms with E-state index in [-0.39, 0.29) is 0 Å². The second-order valence-corrected chi connectivity index (χ2v) is 4.12. The molecular weight excluding hydrogens is 218 g/mol. The third-order valence-corrected chi connectivity index (χ3v) is 2.77. The summed E-state index contributed by atoms with van der Waals surface area (Å²) in [4.78, 5) is 10.3. The lowest BCUT2D eigenvalue weighted by molar-refractivity contribution is 0.411. The molecule has 1 atom stereocenters. The second kappa shape index (κ2) is 6.24. The SMILES string of the molecule is CCC(C)CN(C)c1ncnc(NN)c1OC. The van der Waals surface area contributed by atoms with E-state index in [4.69, 9.17) is 10.6 Å². The van der Waals surface area contributed by atoms with Crippen molar-refractivity contribution in [3.05, 3.63) is 6.33 Å². The van der Waals surface area contributed by atoms with Gasteiger partial charge in [0.15, 0.2) is 11.6 Å². The van der Waals surface area contributed by atoms with Crippen molar-refractivity contribution in [3.63, 3.8) is 0 Å². The molecule has 0 bridgehead atoms. The standard InChI is InChI=1S/C11H21N5O/c1-5-8(2)6-16(3)11-9(17-4)10(15-12)13-7-14-11/h7-8H,5-6,12H2,1-4H3,(H,13,14,15). The van der Waals surface area contributed by atoms with Gasteiger partial charge in [0.05, 0.1) is 7.11 Å². The largest absolute Gasteiger partial charge is 0.490 e. The Balaban J connectivity index is 2.96. The van der Waals surface area contributed by atoms with Crippen LogP contribution in [0.4, 0.5) is 11.6 Å². The van der Waals surface area contributed by atoms with Gasteiger partial charge in [0, 0.05) is 13.6 Å². The fourth-order valence-electron chi connectivity index (χ4n) is 1.61. The molecule has 1 heterocycles. The fraction of sp³-hybridized carbons (Fsp3) is 0.636. The summed E-state index contributed by atoms with van der Waals surface area (Å²) >= 11 is 0. The van der Waals surface area contributed by atoms with Crippen molar-refractivity contribution in [1.29, 1.82) is 0 Å². The van der Waals surface area contributed by atoms with Crippen molar-refractivity contribution < 1.29 is 4.74 Å². The van der Waals surface area contributed by atoms with Gasteiger partial charge in [-0.05, 0) is 5.92 Å². The van der Waals surface area contributed by atoms with Crippen LogP contribution in [0.5, 0.6) is 5.75 Å². The van der Waals surface area contributed by atoms with E-state index < -0.39 is 0 Å². The number of nitrogens with one attached hydrogen (secondary N) is 1. The molecule has 0 aliphatic heterocycles. The Morgan fingerprint density at radius 1 is 1.53 bits per heavy atom. The van der Waals surface area contributed by atoms with Crippen LogP contribution in [0, 0.1) is 5.92 Å². The maximum atomic E-state index is 5.38. The van der Waals surface area contributed by atoms with Crippen molar-refractivity contribution in [1.82, 2.24) is 9.97 Å². The number of hydrazine groups is 1. The number of methoxy groups -OCH3 is 1. The van der Waals surface area contributed by atoms with Crippen LogP contribution in [0.25, 0.3) is 0 Å².